The number of hydrogen-bond acceptors (Lipinski definition) is 7. The Hall–Kier alpha value is -3.23. The summed E-state index contributed by atoms with van der Waals surface area (Å²) in [5.41, 5.74) is 6.79. The summed E-state index contributed by atoms with van der Waals surface area (Å²) in [6, 6.07) is 13.7. The maximum absolute atomic E-state index is 11.7. The highest BCUT2D eigenvalue weighted by atomic mass is 16.5. The fraction of sp³-hybridized carbons (Fsp3) is 0.423. The van der Waals surface area contributed by atoms with Crippen LogP contribution in [0.15, 0.2) is 52.0 Å². The van der Waals surface area contributed by atoms with Crippen LogP contribution in [-0.4, -0.2) is 60.5 Å². The van der Waals surface area contributed by atoms with E-state index in [4.69, 9.17) is 13.9 Å². The number of oxazole rings is 1. The number of rotatable bonds is 7. The van der Waals surface area contributed by atoms with E-state index in [1.165, 1.54) is 0 Å². The monoisotopic (exact) mass is 462 g/mol. The van der Waals surface area contributed by atoms with Crippen molar-refractivity contribution in [2.75, 3.05) is 32.8 Å². The van der Waals surface area contributed by atoms with Gasteiger partial charge in [0.25, 0.3) is 0 Å². The number of nitrogens with zero attached hydrogens (tertiary/aromatic N) is 3. The molecule has 0 saturated carbocycles. The first kappa shape index (κ1) is 22.6. The van der Waals surface area contributed by atoms with Gasteiger partial charge in [0.2, 0.25) is 11.8 Å². The lowest BCUT2D eigenvalue weighted by atomic mass is 9.90. The summed E-state index contributed by atoms with van der Waals surface area (Å²) in [7, 11) is 0. The van der Waals surface area contributed by atoms with Crippen molar-refractivity contribution in [2.24, 2.45) is 11.0 Å². The van der Waals surface area contributed by atoms with Crippen molar-refractivity contribution in [1.29, 1.82) is 0 Å². The molecule has 2 aliphatic rings. The molecule has 2 aliphatic heterocycles. The third kappa shape index (κ3) is 4.98. The highest BCUT2D eigenvalue weighted by Crippen LogP contribution is 2.28. The molecule has 2 aromatic carbocycles. The third-order valence-corrected chi connectivity index (χ3v) is 6.35. The van der Waals surface area contributed by atoms with E-state index < -0.39 is 0 Å². The number of hydrogen-bond donors (Lipinski definition) is 1. The minimum absolute atomic E-state index is 0.0402. The summed E-state index contributed by atoms with van der Waals surface area (Å²) in [5, 5.41) is 4.31. The number of aromatic nitrogens is 1. The van der Waals surface area contributed by atoms with Gasteiger partial charge in [0.15, 0.2) is 5.58 Å². The van der Waals surface area contributed by atoms with Crippen LogP contribution in [0.3, 0.4) is 0 Å². The smallest absolute Gasteiger partial charge is 0.240 e. The molecular formula is C26H30N4O4. The van der Waals surface area contributed by atoms with E-state index in [0.717, 1.165) is 67.4 Å². The molecule has 0 aliphatic carbocycles. The topological polar surface area (TPSA) is 89.2 Å². The van der Waals surface area contributed by atoms with E-state index in [2.05, 4.69) is 34.3 Å². The second-order valence-electron chi connectivity index (χ2n) is 8.91. The summed E-state index contributed by atoms with van der Waals surface area (Å²) in [6.45, 7) is 8.52. The van der Waals surface area contributed by atoms with Gasteiger partial charge in [-0.3, -0.25) is 9.69 Å². The van der Waals surface area contributed by atoms with Gasteiger partial charge in [-0.25, -0.2) is 10.4 Å². The van der Waals surface area contributed by atoms with Crippen LogP contribution in [0.1, 0.15) is 32.3 Å². The SMILES string of the molecule is CCC1CC(=O)NN=C1c1ccc2nc(-c3ccc(OC(C)CN4CCOCC4)cc3)oc2c1. The van der Waals surface area contributed by atoms with Gasteiger partial charge >= 0.3 is 0 Å². The van der Waals surface area contributed by atoms with E-state index in [9.17, 15) is 4.79 Å². The molecule has 0 radical (unpaired) electrons. The second kappa shape index (κ2) is 9.95. The predicted octanol–water partition coefficient (Wildman–Crippen LogP) is 3.84. The molecule has 8 heteroatoms. The first-order valence-corrected chi connectivity index (χ1v) is 11.9. The van der Waals surface area contributed by atoms with Crippen molar-refractivity contribution in [2.45, 2.75) is 32.8 Å². The Kier molecular flexibility index (Phi) is 6.60. The Bertz CT molecular complexity index is 1180. The Morgan fingerprint density at radius 1 is 1.15 bits per heavy atom. The van der Waals surface area contributed by atoms with Crippen molar-refractivity contribution < 1.29 is 18.7 Å². The molecule has 5 rings (SSSR count). The molecule has 2 atom stereocenters. The van der Waals surface area contributed by atoms with Crippen molar-refractivity contribution in [3.8, 4) is 17.2 Å². The van der Waals surface area contributed by atoms with Crippen molar-refractivity contribution >= 4 is 22.7 Å². The quantitative estimate of drug-likeness (QED) is 0.574. The molecule has 1 aromatic heterocycles. The highest BCUT2D eigenvalue weighted by Gasteiger charge is 2.24. The van der Waals surface area contributed by atoms with Gasteiger partial charge in [0, 0.05) is 43.1 Å². The van der Waals surface area contributed by atoms with Gasteiger partial charge in [-0.15, -0.1) is 0 Å². The summed E-state index contributed by atoms with van der Waals surface area (Å²) in [5.74, 6) is 1.45. The van der Waals surface area contributed by atoms with Crippen LogP contribution < -0.4 is 10.2 Å². The molecule has 8 nitrogen and oxygen atoms in total. The average Bonchev–Trinajstić information content (AvgIpc) is 3.28. The summed E-state index contributed by atoms with van der Waals surface area (Å²) in [6.07, 6.45) is 1.39. The Morgan fingerprint density at radius 2 is 1.91 bits per heavy atom. The fourth-order valence-electron chi connectivity index (χ4n) is 4.52. The lowest BCUT2D eigenvalue weighted by molar-refractivity contribution is -0.122. The molecule has 1 amide bonds. The Balaban J connectivity index is 1.29. The summed E-state index contributed by atoms with van der Waals surface area (Å²) in [4.78, 5) is 18.7. The number of nitrogens with one attached hydrogen (secondary N) is 1. The van der Waals surface area contributed by atoms with Crippen LogP contribution in [-0.2, 0) is 9.53 Å². The number of carbonyl (C=O) groups excluding carboxylic acids is 1. The first-order chi connectivity index (χ1) is 16.6. The first-order valence-electron chi connectivity index (χ1n) is 11.9. The molecular weight excluding hydrogens is 432 g/mol. The lowest BCUT2D eigenvalue weighted by Gasteiger charge is -2.29. The average molecular weight is 463 g/mol. The lowest BCUT2D eigenvalue weighted by Crippen LogP contribution is -2.41. The number of hydrazone groups is 1. The molecule has 2 unspecified atom stereocenters. The zero-order valence-corrected chi connectivity index (χ0v) is 19.6. The van der Waals surface area contributed by atoms with Crippen LogP contribution in [0.5, 0.6) is 5.75 Å². The number of fused-ring (bicyclic) bond motifs is 1. The highest BCUT2D eigenvalue weighted by molar-refractivity contribution is 6.07. The van der Waals surface area contributed by atoms with Crippen LogP contribution in [0.2, 0.25) is 0 Å². The van der Waals surface area contributed by atoms with E-state index in [1.807, 2.05) is 42.5 Å². The minimum Gasteiger partial charge on any atom is -0.489 e. The third-order valence-electron chi connectivity index (χ3n) is 6.35. The predicted molar refractivity (Wildman–Crippen MR) is 130 cm³/mol. The molecule has 3 aromatic rings. The second-order valence-corrected chi connectivity index (χ2v) is 8.91. The van der Waals surface area contributed by atoms with Crippen LogP contribution in [0.4, 0.5) is 0 Å². The van der Waals surface area contributed by atoms with Crippen LogP contribution in [0.25, 0.3) is 22.6 Å². The molecule has 34 heavy (non-hydrogen) atoms. The number of benzene rings is 2. The summed E-state index contributed by atoms with van der Waals surface area (Å²) >= 11 is 0. The Labute approximate surface area is 198 Å². The van der Waals surface area contributed by atoms with Crippen molar-refractivity contribution in [1.82, 2.24) is 15.3 Å². The Morgan fingerprint density at radius 3 is 2.68 bits per heavy atom. The maximum Gasteiger partial charge on any atom is 0.240 e. The van der Waals surface area contributed by atoms with Gasteiger partial charge in [-0.05, 0) is 49.7 Å². The van der Waals surface area contributed by atoms with Gasteiger partial charge < -0.3 is 13.9 Å². The molecule has 178 valence electrons. The minimum atomic E-state index is -0.0402. The fourth-order valence-corrected chi connectivity index (χ4v) is 4.52. The van der Waals surface area contributed by atoms with Gasteiger partial charge in [0.1, 0.15) is 17.4 Å². The largest absolute Gasteiger partial charge is 0.489 e. The maximum atomic E-state index is 11.7. The van der Waals surface area contributed by atoms with Crippen LogP contribution >= 0.6 is 0 Å². The van der Waals surface area contributed by atoms with E-state index in [1.54, 1.807) is 0 Å². The zero-order chi connectivity index (χ0) is 23.5. The van der Waals surface area contributed by atoms with E-state index >= 15 is 0 Å². The molecule has 1 fully saturated rings. The van der Waals surface area contributed by atoms with Gasteiger partial charge in [-0.1, -0.05) is 13.0 Å². The van der Waals surface area contributed by atoms with E-state index in [0.29, 0.717) is 17.9 Å². The van der Waals surface area contributed by atoms with Crippen LogP contribution in [0, 0.1) is 5.92 Å². The van der Waals surface area contributed by atoms with Crippen molar-refractivity contribution in [3.63, 3.8) is 0 Å². The van der Waals surface area contributed by atoms with E-state index in [-0.39, 0.29) is 17.9 Å². The molecule has 0 spiro atoms. The normalized spacial score (nSPS) is 20.1. The van der Waals surface area contributed by atoms with Gasteiger partial charge in [-0.2, -0.15) is 5.10 Å². The van der Waals surface area contributed by atoms with Gasteiger partial charge in [0.05, 0.1) is 18.9 Å². The molecule has 3 heterocycles. The number of morpholine rings is 1. The number of ether oxygens (including phenoxy) is 2. The standard InChI is InChI=1S/C26H30N4O4/c1-3-18-15-24(31)28-29-25(18)20-6-9-22-23(14-20)34-26(27-22)19-4-7-21(8-5-19)33-17(2)16-30-10-12-32-13-11-30/h4-9,14,17-18H,3,10-13,15-16H2,1-2H3,(H,28,31). The molecule has 1 N–H and O–H groups in total. The molecule has 1 saturated heterocycles. The zero-order valence-electron chi connectivity index (χ0n) is 19.6. The number of amides is 1. The number of carbonyl (C=O) groups is 1. The summed E-state index contributed by atoms with van der Waals surface area (Å²) < 4.78 is 17.6. The van der Waals surface area contributed by atoms with Crippen molar-refractivity contribution in [3.05, 3.63) is 48.0 Å². The molecule has 0 bridgehead atoms.